The van der Waals surface area contributed by atoms with Crippen LogP contribution in [0, 0.1) is 11.2 Å². The third-order valence-corrected chi connectivity index (χ3v) is 9.35. The Balaban J connectivity index is 1.52. The fourth-order valence-corrected chi connectivity index (χ4v) is 6.51. The van der Waals surface area contributed by atoms with Crippen molar-refractivity contribution in [1.82, 2.24) is 4.98 Å². The number of nitrogens with zero attached hydrogens (tertiary/aromatic N) is 1. The average Bonchev–Trinajstić information content (AvgIpc) is 3.30. The molecule has 0 bridgehead atoms. The number of nitrogens with one attached hydrogen (secondary N) is 1. The SMILES string of the molecule is COc1cc(C(=O)O)c(F)cc1NS(=O)(=O)c1cnc(-c2ccc(C3CCC(C)(C)CC3)cc2)s1. The molecular weight excluding hydrogens is 491 g/mol. The van der Waals surface area contributed by atoms with Crippen LogP contribution in [0.2, 0.25) is 0 Å². The molecule has 3 aromatic rings. The van der Waals surface area contributed by atoms with Gasteiger partial charge in [0.25, 0.3) is 10.0 Å². The molecule has 1 aromatic heterocycles. The Bertz CT molecular complexity index is 1340. The maximum Gasteiger partial charge on any atom is 0.338 e. The number of aromatic carboxylic acids is 1. The van der Waals surface area contributed by atoms with Gasteiger partial charge in [-0.15, -0.1) is 11.3 Å². The molecule has 2 N–H and O–H groups in total. The van der Waals surface area contributed by atoms with E-state index in [4.69, 9.17) is 9.84 Å². The molecule has 0 radical (unpaired) electrons. The minimum Gasteiger partial charge on any atom is -0.495 e. The summed E-state index contributed by atoms with van der Waals surface area (Å²) in [7, 11) is -2.87. The van der Waals surface area contributed by atoms with E-state index in [0.717, 1.165) is 41.9 Å². The zero-order chi connectivity index (χ0) is 25.4. The number of carboxylic acids is 1. The molecule has 1 aliphatic rings. The summed E-state index contributed by atoms with van der Waals surface area (Å²) in [6.07, 6.45) is 5.97. The fraction of sp³-hybridized carbons (Fsp3) is 0.360. The highest BCUT2D eigenvalue weighted by Crippen LogP contribution is 2.42. The highest BCUT2D eigenvalue weighted by molar-refractivity contribution is 7.94. The second kappa shape index (κ2) is 9.58. The molecule has 0 amide bonds. The van der Waals surface area contributed by atoms with Gasteiger partial charge in [0.15, 0.2) is 4.21 Å². The number of hydrogen-bond acceptors (Lipinski definition) is 6. The number of anilines is 1. The highest BCUT2D eigenvalue weighted by Gasteiger charge is 2.28. The number of hydrogen-bond donors (Lipinski definition) is 2. The van der Waals surface area contributed by atoms with Crippen molar-refractivity contribution in [3.8, 4) is 16.3 Å². The van der Waals surface area contributed by atoms with E-state index in [2.05, 4.69) is 35.7 Å². The van der Waals surface area contributed by atoms with Crippen LogP contribution in [0.3, 0.4) is 0 Å². The normalized spacial score (nSPS) is 16.1. The largest absolute Gasteiger partial charge is 0.495 e. The molecule has 1 saturated carbocycles. The Morgan fingerprint density at radius 1 is 1.20 bits per heavy atom. The molecule has 1 heterocycles. The number of methoxy groups -OCH3 is 1. The summed E-state index contributed by atoms with van der Waals surface area (Å²) in [5, 5.41) is 9.61. The lowest BCUT2D eigenvalue weighted by Crippen LogP contribution is -2.20. The van der Waals surface area contributed by atoms with Crippen LogP contribution >= 0.6 is 11.3 Å². The predicted octanol–water partition coefficient (Wildman–Crippen LogP) is 6.14. The molecule has 0 atom stereocenters. The van der Waals surface area contributed by atoms with Crippen molar-refractivity contribution in [3.63, 3.8) is 0 Å². The Kier molecular flexibility index (Phi) is 6.88. The second-order valence-electron chi connectivity index (χ2n) is 9.49. The minimum absolute atomic E-state index is 0.0594. The standard InChI is InChI=1S/C25H27FN2O5S2/c1-25(2)10-8-16(9-11-25)15-4-6-17(7-5-15)23-27-14-22(34-23)35(31,32)28-20-13-19(26)18(24(29)30)12-21(20)33-3/h4-7,12-14,16,28H,8-11H2,1-3H3,(H,29,30). The molecule has 4 rings (SSSR count). The van der Waals surface area contributed by atoms with E-state index >= 15 is 0 Å². The lowest BCUT2D eigenvalue weighted by molar-refractivity contribution is 0.0691. The van der Waals surface area contributed by atoms with Gasteiger partial charge >= 0.3 is 5.97 Å². The summed E-state index contributed by atoms with van der Waals surface area (Å²) < 4.78 is 47.3. The van der Waals surface area contributed by atoms with Gasteiger partial charge in [-0.05, 0) is 48.6 Å². The summed E-state index contributed by atoms with van der Waals surface area (Å²) in [6, 6.07) is 9.81. The van der Waals surface area contributed by atoms with Crippen LogP contribution < -0.4 is 9.46 Å². The van der Waals surface area contributed by atoms with Crippen molar-refractivity contribution < 1.29 is 27.4 Å². The lowest BCUT2D eigenvalue weighted by atomic mass is 9.71. The van der Waals surface area contributed by atoms with Gasteiger partial charge in [0.05, 0.1) is 24.6 Å². The number of carboxylic acid groups (broad SMARTS) is 1. The average molecular weight is 519 g/mol. The molecule has 0 unspecified atom stereocenters. The van der Waals surface area contributed by atoms with Crippen LogP contribution in [0.25, 0.3) is 10.6 Å². The van der Waals surface area contributed by atoms with Gasteiger partial charge in [-0.2, -0.15) is 0 Å². The van der Waals surface area contributed by atoms with E-state index in [1.807, 2.05) is 12.1 Å². The molecule has 1 aliphatic carbocycles. The van der Waals surface area contributed by atoms with E-state index in [0.29, 0.717) is 16.3 Å². The molecule has 0 saturated heterocycles. The highest BCUT2D eigenvalue weighted by atomic mass is 32.2. The third kappa shape index (κ3) is 5.48. The number of rotatable bonds is 7. The number of sulfonamides is 1. The lowest BCUT2D eigenvalue weighted by Gasteiger charge is -2.34. The summed E-state index contributed by atoms with van der Waals surface area (Å²) in [5.41, 5.74) is 1.68. The first-order valence-electron chi connectivity index (χ1n) is 11.2. The number of ether oxygens (including phenoxy) is 1. The first-order valence-corrected chi connectivity index (χ1v) is 13.5. The van der Waals surface area contributed by atoms with Crippen molar-refractivity contribution in [2.24, 2.45) is 5.41 Å². The molecule has 2 aromatic carbocycles. The van der Waals surface area contributed by atoms with Gasteiger partial charge in [-0.1, -0.05) is 38.1 Å². The van der Waals surface area contributed by atoms with E-state index in [9.17, 15) is 17.6 Å². The van der Waals surface area contributed by atoms with Crippen LogP contribution in [0.15, 0.2) is 46.8 Å². The molecule has 7 nitrogen and oxygen atoms in total. The van der Waals surface area contributed by atoms with Crippen LogP contribution in [0.1, 0.15) is 61.4 Å². The molecule has 10 heteroatoms. The van der Waals surface area contributed by atoms with Crippen molar-refractivity contribution in [3.05, 3.63) is 59.5 Å². The molecule has 0 spiro atoms. The Labute approximate surface area is 208 Å². The number of halogens is 1. The Morgan fingerprint density at radius 3 is 2.46 bits per heavy atom. The zero-order valence-corrected chi connectivity index (χ0v) is 21.3. The molecular formula is C25H27FN2O5S2. The van der Waals surface area contributed by atoms with Gasteiger partial charge in [0, 0.05) is 11.6 Å². The first kappa shape index (κ1) is 25.1. The van der Waals surface area contributed by atoms with Crippen LogP contribution in [0.4, 0.5) is 10.1 Å². The monoisotopic (exact) mass is 518 g/mol. The van der Waals surface area contributed by atoms with Gasteiger partial charge < -0.3 is 9.84 Å². The predicted molar refractivity (Wildman–Crippen MR) is 133 cm³/mol. The molecule has 186 valence electrons. The Morgan fingerprint density at radius 2 is 1.86 bits per heavy atom. The number of aromatic nitrogens is 1. The van der Waals surface area contributed by atoms with Gasteiger partial charge in [-0.3, -0.25) is 4.72 Å². The number of carbonyl (C=O) groups is 1. The smallest absolute Gasteiger partial charge is 0.338 e. The van der Waals surface area contributed by atoms with Crippen molar-refractivity contribution in [2.45, 2.75) is 49.7 Å². The maximum absolute atomic E-state index is 14.1. The van der Waals surface area contributed by atoms with Crippen molar-refractivity contribution >= 4 is 33.0 Å². The van der Waals surface area contributed by atoms with Crippen LogP contribution in [-0.2, 0) is 10.0 Å². The minimum atomic E-state index is -4.11. The second-order valence-corrected chi connectivity index (χ2v) is 12.4. The first-order chi connectivity index (χ1) is 16.5. The summed E-state index contributed by atoms with van der Waals surface area (Å²) in [5.74, 6) is -2.14. The van der Waals surface area contributed by atoms with Crippen LogP contribution in [-0.4, -0.2) is 31.6 Å². The van der Waals surface area contributed by atoms with E-state index in [-0.39, 0.29) is 15.6 Å². The topological polar surface area (TPSA) is 106 Å². The Hall–Kier alpha value is -2.98. The molecule has 1 fully saturated rings. The van der Waals surface area contributed by atoms with Gasteiger partial charge in [-0.25, -0.2) is 22.6 Å². The summed E-state index contributed by atoms with van der Waals surface area (Å²) in [4.78, 5) is 15.4. The molecule has 0 aliphatic heterocycles. The van der Waals surface area contributed by atoms with Crippen molar-refractivity contribution in [2.75, 3.05) is 11.8 Å². The van der Waals surface area contributed by atoms with Crippen LogP contribution in [0.5, 0.6) is 5.75 Å². The summed E-state index contributed by atoms with van der Waals surface area (Å²) in [6.45, 7) is 4.62. The fourth-order valence-electron chi connectivity index (χ4n) is 4.31. The molecule has 35 heavy (non-hydrogen) atoms. The zero-order valence-electron chi connectivity index (χ0n) is 19.7. The number of benzene rings is 2. The van der Waals surface area contributed by atoms with E-state index in [1.54, 1.807) is 0 Å². The van der Waals surface area contributed by atoms with Gasteiger partial charge in [0.1, 0.15) is 16.6 Å². The third-order valence-electron chi connectivity index (χ3n) is 6.48. The maximum atomic E-state index is 14.1. The summed E-state index contributed by atoms with van der Waals surface area (Å²) >= 11 is 0.989. The van der Waals surface area contributed by atoms with E-state index in [1.165, 1.54) is 31.7 Å². The quantitative estimate of drug-likeness (QED) is 0.389. The number of thiazole rings is 1. The van der Waals surface area contributed by atoms with E-state index < -0.39 is 27.4 Å². The van der Waals surface area contributed by atoms with Gasteiger partial charge in [0.2, 0.25) is 0 Å². The van der Waals surface area contributed by atoms with Crippen molar-refractivity contribution in [1.29, 1.82) is 0 Å².